The molecule has 0 spiro atoms. The van der Waals surface area contributed by atoms with Gasteiger partial charge in [-0.25, -0.2) is 0 Å². The quantitative estimate of drug-likeness (QED) is 0.136. The Balaban J connectivity index is 2.44. The Morgan fingerprint density at radius 3 is 3.00 bits per heavy atom. The van der Waals surface area contributed by atoms with Crippen molar-refractivity contribution >= 4 is 5.97 Å². The largest absolute Gasteiger partial charge is 0.588 e. The Bertz CT molecular complexity index is 181. The molecular formula is C7H10O4. The molecule has 62 valence electrons. The van der Waals surface area contributed by atoms with Crippen molar-refractivity contribution in [3.05, 3.63) is 12.7 Å². The van der Waals surface area contributed by atoms with E-state index in [0.29, 0.717) is 6.61 Å². The van der Waals surface area contributed by atoms with Crippen molar-refractivity contribution < 1.29 is 19.3 Å². The molecule has 11 heavy (non-hydrogen) atoms. The summed E-state index contributed by atoms with van der Waals surface area (Å²) in [4.78, 5) is 0. The molecule has 1 aliphatic rings. The lowest BCUT2D eigenvalue weighted by atomic mass is 10.2. The minimum absolute atomic E-state index is 0.0163. The first-order valence-electron chi connectivity index (χ1n) is 3.28. The van der Waals surface area contributed by atoms with E-state index >= 15 is 0 Å². The maximum Gasteiger partial charge on any atom is 0.533 e. The monoisotopic (exact) mass is 158 g/mol. The van der Waals surface area contributed by atoms with E-state index in [1.165, 1.54) is 6.08 Å². The van der Waals surface area contributed by atoms with Crippen molar-refractivity contribution in [2.45, 2.75) is 12.5 Å². The second-order valence-corrected chi connectivity index (χ2v) is 2.49. The van der Waals surface area contributed by atoms with Gasteiger partial charge in [-0.15, -0.1) is 0 Å². The number of epoxide rings is 1. The van der Waals surface area contributed by atoms with Crippen LogP contribution in [0, 0.1) is 0 Å². The van der Waals surface area contributed by atoms with Gasteiger partial charge in [0.15, 0.2) is 0 Å². The van der Waals surface area contributed by atoms with Gasteiger partial charge in [0.2, 0.25) is 12.2 Å². The van der Waals surface area contributed by atoms with Crippen LogP contribution in [0.15, 0.2) is 12.7 Å². The molecule has 1 rings (SSSR count). The van der Waals surface area contributed by atoms with Crippen LogP contribution in [0.1, 0.15) is 6.92 Å². The van der Waals surface area contributed by atoms with Crippen LogP contribution in [-0.4, -0.2) is 24.8 Å². The van der Waals surface area contributed by atoms with E-state index in [-0.39, 0.29) is 12.6 Å². The van der Waals surface area contributed by atoms with Crippen molar-refractivity contribution in [1.82, 2.24) is 0 Å². The van der Waals surface area contributed by atoms with Gasteiger partial charge in [0, 0.05) is 0 Å². The molecule has 1 saturated heterocycles. The number of rotatable bonds is 3. The zero-order chi connectivity index (χ0) is 8.32. The Morgan fingerprint density at radius 2 is 2.64 bits per heavy atom. The van der Waals surface area contributed by atoms with E-state index < -0.39 is 5.60 Å². The Labute approximate surface area is 64.7 Å². The van der Waals surface area contributed by atoms with Gasteiger partial charge in [-0.2, -0.15) is 0 Å². The van der Waals surface area contributed by atoms with Crippen LogP contribution >= 0.6 is 0 Å². The van der Waals surface area contributed by atoms with Gasteiger partial charge in [-0.1, -0.05) is 6.58 Å². The summed E-state index contributed by atoms with van der Waals surface area (Å²) in [5, 5.41) is 10.0. The van der Waals surface area contributed by atoms with E-state index in [2.05, 4.69) is 11.2 Å². The van der Waals surface area contributed by atoms with Crippen LogP contribution in [-0.2, 0) is 14.0 Å². The van der Waals surface area contributed by atoms with E-state index in [4.69, 9.17) is 9.47 Å². The molecule has 0 radical (unpaired) electrons. The topological polar surface area (TPSA) is 56.1 Å². The molecule has 0 bridgehead atoms. The van der Waals surface area contributed by atoms with Crippen LogP contribution < -0.4 is 5.26 Å². The van der Waals surface area contributed by atoms with Gasteiger partial charge in [0.1, 0.15) is 0 Å². The molecule has 0 aromatic carbocycles. The van der Waals surface area contributed by atoms with Crippen molar-refractivity contribution in [3.63, 3.8) is 0 Å². The number of hydrogen-bond donors (Lipinski definition) is 0. The van der Waals surface area contributed by atoms with Crippen molar-refractivity contribution in [1.29, 1.82) is 0 Å². The summed E-state index contributed by atoms with van der Waals surface area (Å²) in [6.45, 7) is 5.89. The lowest BCUT2D eigenvalue weighted by molar-refractivity contribution is -1.05. The number of esters is 1. The molecule has 1 atom stereocenters. The van der Waals surface area contributed by atoms with Gasteiger partial charge in [0.05, 0.1) is 6.61 Å². The first kappa shape index (κ1) is 8.07. The van der Waals surface area contributed by atoms with Crippen molar-refractivity contribution in [2.24, 2.45) is 0 Å². The lowest BCUT2D eigenvalue weighted by Gasteiger charge is -1.97. The van der Waals surface area contributed by atoms with E-state index in [1.807, 2.05) is 0 Å². The minimum Gasteiger partial charge on any atom is -0.588 e. The zero-order valence-electron chi connectivity index (χ0n) is 6.33. The second-order valence-electron chi connectivity index (χ2n) is 2.49. The maximum atomic E-state index is 10.0. The molecule has 0 amide bonds. The van der Waals surface area contributed by atoms with Gasteiger partial charge in [-0.3, -0.25) is 4.58 Å². The molecule has 0 aromatic heterocycles. The molecule has 1 heterocycles. The number of hydrogen-bond acceptors (Lipinski definition) is 3. The van der Waals surface area contributed by atoms with Crippen molar-refractivity contribution in [3.8, 4) is 0 Å². The first-order chi connectivity index (χ1) is 5.23. The van der Waals surface area contributed by atoms with Crippen LogP contribution in [0.2, 0.25) is 0 Å². The zero-order valence-corrected chi connectivity index (χ0v) is 6.33. The molecule has 1 unspecified atom stereocenters. The predicted molar refractivity (Wildman–Crippen MR) is 35.5 cm³/mol. The van der Waals surface area contributed by atoms with E-state index in [9.17, 15) is 5.26 Å². The third-order valence-electron chi connectivity index (χ3n) is 1.42. The smallest absolute Gasteiger partial charge is 0.533 e. The molecule has 4 nitrogen and oxygen atoms in total. The Morgan fingerprint density at radius 1 is 2.00 bits per heavy atom. The van der Waals surface area contributed by atoms with Crippen LogP contribution in [0.5, 0.6) is 0 Å². The summed E-state index contributed by atoms with van der Waals surface area (Å²) in [6, 6.07) is 0. The molecular weight excluding hydrogens is 148 g/mol. The third kappa shape index (κ3) is 1.71. The SMILES string of the molecule is C=CCOC(=[O+][O-])C1(C)CO1. The summed E-state index contributed by atoms with van der Waals surface area (Å²) in [6.07, 6.45) is 1.53. The summed E-state index contributed by atoms with van der Waals surface area (Å²) in [7, 11) is 0. The summed E-state index contributed by atoms with van der Waals surface area (Å²) < 4.78 is 13.6. The molecule has 4 heteroatoms. The van der Waals surface area contributed by atoms with Crippen LogP contribution in [0.3, 0.4) is 0 Å². The second kappa shape index (κ2) is 2.92. The van der Waals surface area contributed by atoms with E-state index in [0.717, 1.165) is 0 Å². The van der Waals surface area contributed by atoms with Gasteiger partial charge < -0.3 is 14.7 Å². The molecule has 0 aliphatic carbocycles. The fourth-order valence-electron chi connectivity index (χ4n) is 0.626. The fraction of sp³-hybridized carbons (Fsp3) is 0.571. The van der Waals surface area contributed by atoms with E-state index in [1.54, 1.807) is 6.92 Å². The van der Waals surface area contributed by atoms with Crippen molar-refractivity contribution in [2.75, 3.05) is 13.2 Å². The normalized spacial score (nSPS) is 29.7. The molecule has 1 fully saturated rings. The third-order valence-corrected chi connectivity index (χ3v) is 1.42. The van der Waals surface area contributed by atoms with Crippen LogP contribution in [0.25, 0.3) is 0 Å². The van der Waals surface area contributed by atoms with Gasteiger partial charge in [-0.05, 0) is 13.0 Å². The summed E-state index contributed by atoms with van der Waals surface area (Å²) in [5.41, 5.74) is -0.620. The average molecular weight is 158 g/mol. The molecule has 0 saturated carbocycles. The highest BCUT2D eigenvalue weighted by molar-refractivity contribution is 5.81. The highest BCUT2D eigenvalue weighted by Gasteiger charge is 2.55. The highest BCUT2D eigenvalue weighted by atomic mass is 17.1. The lowest BCUT2D eigenvalue weighted by Crippen LogP contribution is -2.28. The molecule has 0 N–H and O–H groups in total. The van der Waals surface area contributed by atoms with Gasteiger partial charge in [0.25, 0.3) is 0 Å². The highest BCUT2D eigenvalue weighted by Crippen LogP contribution is 2.27. The molecule has 1 aliphatic heterocycles. The summed E-state index contributed by atoms with van der Waals surface area (Å²) in [5.74, 6) is -0.0163. The fourth-order valence-corrected chi connectivity index (χ4v) is 0.626. The number of carbonyl (C=O) groups excluding carboxylic acids is 1. The number of ether oxygens (including phenoxy) is 2. The standard InChI is InChI=1S/C7H10O4/c1-3-4-9-6(11-8)7(2)5-10-7/h3H,1,4-5H2,2H3. The Hall–Kier alpha value is -1.03. The van der Waals surface area contributed by atoms with Crippen LogP contribution in [0.4, 0.5) is 0 Å². The minimum atomic E-state index is -0.620. The maximum absolute atomic E-state index is 10.0. The molecule has 0 aromatic rings. The average Bonchev–Trinajstić information content (AvgIpc) is 2.71. The summed E-state index contributed by atoms with van der Waals surface area (Å²) >= 11 is 0. The first-order valence-corrected chi connectivity index (χ1v) is 3.28. The van der Waals surface area contributed by atoms with Gasteiger partial charge >= 0.3 is 5.97 Å². The predicted octanol–water partition coefficient (Wildman–Crippen LogP) is -0.685. The Kier molecular flexibility index (Phi) is 2.14.